The van der Waals surface area contributed by atoms with E-state index in [-0.39, 0.29) is 28.3 Å². The van der Waals surface area contributed by atoms with Crippen molar-refractivity contribution >= 4 is 33.5 Å². The molecule has 0 radical (unpaired) electrons. The molecule has 0 atom stereocenters. The Morgan fingerprint density at radius 2 is 1.90 bits per heavy atom. The summed E-state index contributed by atoms with van der Waals surface area (Å²) in [6.45, 7) is 2.00. The lowest BCUT2D eigenvalue weighted by atomic mass is 10.1. The number of carbonyl (C=O) groups is 1. The molecule has 2 N–H and O–H groups in total. The summed E-state index contributed by atoms with van der Waals surface area (Å²) in [5.74, 6) is -1.23. The SMILES string of the molecule is CCc1ccc2c(c1)c(=O)c(C(=O)Nc1ccc(Oc3ncnc4[nH]cc(-c5ccccc5)c34)c(F)c1)cn2C. The first-order valence-corrected chi connectivity index (χ1v) is 12.7. The van der Waals surface area contributed by atoms with E-state index in [0.29, 0.717) is 16.4 Å². The number of nitrogens with one attached hydrogen (secondary N) is 2. The minimum atomic E-state index is -0.708. The molecule has 1 amide bonds. The van der Waals surface area contributed by atoms with Crippen LogP contribution >= 0.6 is 0 Å². The second-order valence-electron chi connectivity index (χ2n) is 9.36. The van der Waals surface area contributed by atoms with E-state index >= 15 is 4.39 Å². The molecule has 3 heterocycles. The van der Waals surface area contributed by atoms with E-state index in [1.807, 2.05) is 49.4 Å². The number of benzene rings is 3. The Bertz CT molecular complexity index is 1960. The Kier molecular flexibility index (Phi) is 6.31. The highest BCUT2D eigenvalue weighted by Gasteiger charge is 2.18. The largest absolute Gasteiger partial charge is 0.435 e. The Morgan fingerprint density at radius 3 is 2.67 bits per heavy atom. The first-order valence-electron chi connectivity index (χ1n) is 12.7. The number of hydrogen-bond acceptors (Lipinski definition) is 5. The molecule has 3 aromatic heterocycles. The highest BCUT2D eigenvalue weighted by Crippen LogP contribution is 2.36. The van der Waals surface area contributed by atoms with Crippen LogP contribution < -0.4 is 15.5 Å². The summed E-state index contributed by atoms with van der Waals surface area (Å²) >= 11 is 0. The summed E-state index contributed by atoms with van der Waals surface area (Å²) in [7, 11) is 1.77. The molecule has 0 aliphatic carbocycles. The summed E-state index contributed by atoms with van der Waals surface area (Å²) in [5.41, 5.74) is 3.79. The molecular weight excluding hydrogens is 509 g/mol. The predicted octanol–water partition coefficient (Wildman–Crippen LogP) is 6.22. The molecule has 0 aliphatic rings. The van der Waals surface area contributed by atoms with Gasteiger partial charge in [-0.15, -0.1) is 0 Å². The van der Waals surface area contributed by atoms with Crippen molar-refractivity contribution in [2.24, 2.45) is 7.05 Å². The van der Waals surface area contributed by atoms with E-state index < -0.39 is 11.7 Å². The van der Waals surface area contributed by atoms with Crippen LogP contribution in [0.1, 0.15) is 22.8 Å². The minimum Gasteiger partial charge on any atom is -0.435 e. The zero-order valence-corrected chi connectivity index (χ0v) is 21.7. The van der Waals surface area contributed by atoms with E-state index in [2.05, 4.69) is 20.3 Å². The molecule has 0 bridgehead atoms. The number of anilines is 1. The number of rotatable bonds is 6. The molecule has 0 saturated carbocycles. The number of aromatic amines is 1. The molecule has 0 saturated heterocycles. The summed E-state index contributed by atoms with van der Waals surface area (Å²) < 4.78 is 22.8. The van der Waals surface area contributed by atoms with E-state index in [4.69, 9.17) is 4.74 Å². The van der Waals surface area contributed by atoms with Gasteiger partial charge in [0.25, 0.3) is 5.91 Å². The fraction of sp³-hybridized carbons (Fsp3) is 0.0968. The number of aromatic nitrogens is 4. The standard InChI is InChI=1S/C31H24FN5O3/c1-3-18-9-11-25-21(13-18)28(38)23(16-37(25)2)30(39)36-20-10-12-26(24(32)14-20)40-31-27-22(19-7-5-4-6-8-19)15-33-29(27)34-17-35-31/h4-17H,3H2,1-2H3,(H,36,39)(H,33,34,35). The number of ether oxygens (including phenoxy) is 1. The minimum absolute atomic E-state index is 0.0340. The van der Waals surface area contributed by atoms with Crippen LogP contribution in [-0.2, 0) is 13.5 Å². The van der Waals surface area contributed by atoms with Crippen LogP contribution in [0, 0.1) is 5.82 Å². The van der Waals surface area contributed by atoms with E-state index in [0.717, 1.165) is 34.7 Å². The molecule has 6 aromatic rings. The van der Waals surface area contributed by atoms with Crippen LogP contribution in [0.25, 0.3) is 33.1 Å². The zero-order chi connectivity index (χ0) is 27.8. The monoisotopic (exact) mass is 533 g/mol. The second kappa shape index (κ2) is 10.1. The van der Waals surface area contributed by atoms with Crippen LogP contribution in [0.4, 0.5) is 10.1 Å². The van der Waals surface area contributed by atoms with Gasteiger partial charge < -0.3 is 19.6 Å². The van der Waals surface area contributed by atoms with Crippen molar-refractivity contribution in [2.45, 2.75) is 13.3 Å². The third-order valence-corrected chi connectivity index (χ3v) is 6.82. The highest BCUT2D eigenvalue weighted by molar-refractivity contribution is 6.06. The summed E-state index contributed by atoms with van der Waals surface area (Å²) in [4.78, 5) is 37.8. The number of amides is 1. The average molecular weight is 534 g/mol. The van der Waals surface area contributed by atoms with E-state index in [1.54, 1.807) is 23.9 Å². The second-order valence-corrected chi connectivity index (χ2v) is 9.36. The van der Waals surface area contributed by atoms with Gasteiger partial charge >= 0.3 is 0 Å². The number of halogens is 1. The number of nitrogens with zero attached hydrogens (tertiary/aromatic N) is 3. The molecule has 0 aliphatic heterocycles. The summed E-state index contributed by atoms with van der Waals surface area (Å²) in [6, 6.07) is 19.3. The van der Waals surface area contributed by atoms with Crippen LogP contribution in [0.15, 0.2) is 90.2 Å². The molecule has 8 nitrogen and oxygen atoms in total. The molecule has 40 heavy (non-hydrogen) atoms. The number of aryl methyl sites for hydroxylation is 2. The number of hydrogen-bond donors (Lipinski definition) is 2. The number of H-pyrrole nitrogens is 1. The molecule has 0 unspecified atom stereocenters. The average Bonchev–Trinajstić information content (AvgIpc) is 3.42. The fourth-order valence-electron chi connectivity index (χ4n) is 4.74. The van der Waals surface area contributed by atoms with Gasteiger partial charge in [-0.05, 0) is 41.8 Å². The van der Waals surface area contributed by atoms with Crippen molar-refractivity contribution in [2.75, 3.05) is 5.32 Å². The first-order chi connectivity index (χ1) is 19.4. The van der Waals surface area contributed by atoms with E-state index in [1.165, 1.54) is 24.7 Å². The molecular formula is C31H24FN5O3. The Labute approximate surface area is 228 Å². The Morgan fingerprint density at radius 1 is 1.07 bits per heavy atom. The van der Waals surface area contributed by atoms with Crippen LogP contribution in [0.3, 0.4) is 0 Å². The molecule has 198 valence electrons. The molecule has 0 fully saturated rings. The molecule has 9 heteroatoms. The lowest BCUT2D eigenvalue weighted by Gasteiger charge is -2.12. The van der Waals surface area contributed by atoms with Crippen molar-refractivity contribution in [3.63, 3.8) is 0 Å². The van der Waals surface area contributed by atoms with Crippen LogP contribution in [-0.4, -0.2) is 25.4 Å². The zero-order valence-electron chi connectivity index (χ0n) is 21.7. The fourth-order valence-corrected chi connectivity index (χ4v) is 4.74. The van der Waals surface area contributed by atoms with Crippen molar-refractivity contribution in [3.8, 4) is 22.8 Å². The van der Waals surface area contributed by atoms with Gasteiger partial charge in [0.2, 0.25) is 11.3 Å². The first kappa shape index (κ1) is 25.0. The third kappa shape index (κ3) is 4.47. The number of pyridine rings is 1. The Hall–Kier alpha value is -5.31. The van der Waals surface area contributed by atoms with Crippen molar-refractivity contribution in [1.82, 2.24) is 19.5 Å². The smallest absolute Gasteiger partial charge is 0.261 e. The summed E-state index contributed by atoms with van der Waals surface area (Å²) in [5, 5.41) is 3.70. The van der Waals surface area contributed by atoms with E-state index in [9.17, 15) is 9.59 Å². The third-order valence-electron chi connectivity index (χ3n) is 6.82. The van der Waals surface area contributed by atoms with Gasteiger partial charge in [-0.25, -0.2) is 14.4 Å². The summed E-state index contributed by atoms with van der Waals surface area (Å²) in [6.07, 6.45) is 5.39. The maximum absolute atomic E-state index is 15.2. The van der Waals surface area contributed by atoms with Crippen molar-refractivity contribution in [1.29, 1.82) is 0 Å². The maximum atomic E-state index is 15.2. The van der Waals surface area contributed by atoms with Crippen LogP contribution in [0.2, 0.25) is 0 Å². The van der Waals surface area contributed by atoms with Gasteiger partial charge in [0.15, 0.2) is 11.6 Å². The highest BCUT2D eigenvalue weighted by atomic mass is 19.1. The van der Waals surface area contributed by atoms with Gasteiger partial charge in [0.05, 0.1) is 10.9 Å². The lowest BCUT2D eigenvalue weighted by molar-refractivity contribution is 0.102. The van der Waals surface area contributed by atoms with Crippen molar-refractivity contribution < 1.29 is 13.9 Å². The Balaban J connectivity index is 1.28. The predicted molar refractivity (Wildman–Crippen MR) is 152 cm³/mol. The van der Waals surface area contributed by atoms with Gasteiger partial charge in [0.1, 0.15) is 17.5 Å². The lowest BCUT2D eigenvalue weighted by Crippen LogP contribution is -2.23. The number of fused-ring (bicyclic) bond motifs is 2. The van der Waals surface area contributed by atoms with Crippen molar-refractivity contribution in [3.05, 3.63) is 113 Å². The molecule has 6 rings (SSSR count). The topological polar surface area (TPSA) is 102 Å². The normalized spacial score (nSPS) is 11.2. The van der Waals surface area contributed by atoms with Gasteiger partial charge in [0, 0.05) is 42.1 Å². The van der Waals surface area contributed by atoms with Gasteiger partial charge in [-0.3, -0.25) is 9.59 Å². The van der Waals surface area contributed by atoms with Gasteiger partial charge in [-0.2, -0.15) is 0 Å². The van der Waals surface area contributed by atoms with Crippen LogP contribution in [0.5, 0.6) is 11.6 Å². The van der Waals surface area contributed by atoms with Gasteiger partial charge in [-0.1, -0.05) is 43.3 Å². The number of carbonyl (C=O) groups excluding carboxylic acids is 1. The molecule has 0 spiro atoms. The maximum Gasteiger partial charge on any atom is 0.261 e. The molecule has 3 aromatic carbocycles. The quantitative estimate of drug-likeness (QED) is 0.265.